The molecule has 2 aromatic carbocycles. The summed E-state index contributed by atoms with van der Waals surface area (Å²) in [4.78, 5) is 12.2. The zero-order valence-electron chi connectivity index (χ0n) is 11.1. The van der Waals surface area contributed by atoms with Gasteiger partial charge in [-0.3, -0.25) is 4.79 Å². The minimum absolute atomic E-state index is 0.257. The van der Waals surface area contributed by atoms with E-state index in [2.05, 4.69) is 5.32 Å². The predicted octanol–water partition coefficient (Wildman–Crippen LogP) is 4.44. The highest BCUT2D eigenvalue weighted by molar-refractivity contribution is 6.37. The molecule has 0 heterocycles. The molecule has 20 heavy (non-hydrogen) atoms. The van der Waals surface area contributed by atoms with E-state index in [9.17, 15) is 4.79 Å². The summed E-state index contributed by atoms with van der Waals surface area (Å²) in [5.74, 6) is -0.257. The van der Waals surface area contributed by atoms with E-state index in [1.54, 1.807) is 6.07 Å². The Labute approximate surface area is 127 Å². The first-order valence-corrected chi connectivity index (χ1v) is 6.76. The van der Waals surface area contributed by atoms with Gasteiger partial charge in [-0.15, -0.1) is 0 Å². The van der Waals surface area contributed by atoms with Gasteiger partial charge < -0.3 is 11.1 Å². The van der Waals surface area contributed by atoms with Crippen LogP contribution in [0.1, 0.15) is 21.5 Å². The van der Waals surface area contributed by atoms with E-state index in [1.807, 2.05) is 32.0 Å². The second kappa shape index (κ2) is 5.73. The Hall–Kier alpha value is -1.71. The monoisotopic (exact) mass is 308 g/mol. The van der Waals surface area contributed by atoms with Gasteiger partial charge in [0.1, 0.15) is 0 Å². The first kappa shape index (κ1) is 14.7. The third-order valence-corrected chi connectivity index (χ3v) is 3.32. The molecule has 0 aliphatic rings. The number of carbonyl (C=O) groups is 1. The first-order chi connectivity index (χ1) is 9.36. The molecule has 0 unspecified atom stereocenters. The van der Waals surface area contributed by atoms with Crippen molar-refractivity contribution in [3.05, 3.63) is 57.1 Å². The van der Waals surface area contributed by atoms with Crippen molar-refractivity contribution in [2.45, 2.75) is 13.8 Å². The molecular formula is C15H14Cl2N2O. The standard InChI is InChI=1S/C15H14Cl2N2O/c1-8-3-9(2)5-10(4-8)15(20)19-14-12(17)6-11(16)7-13(14)18/h3-7H,18H2,1-2H3,(H,19,20). The van der Waals surface area contributed by atoms with Crippen molar-refractivity contribution in [2.24, 2.45) is 0 Å². The van der Waals surface area contributed by atoms with Gasteiger partial charge in [0, 0.05) is 10.6 Å². The third-order valence-electron chi connectivity index (χ3n) is 2.81. The average Bonchev–Trinajstić information content (AvgIpc) is 2.32. The lowest BCUT2D eigenvalue weighted by Crippen LogP contribution is -2.14. The highest BCUT2D eigenvalue weighted by Crippen LogP contribution is 2.32. The van der Waals surface area contributed by atoms with Gasteiger partial charge in [-0.05, 0) is 38.1 Å². The smallest absolute Gasteiger partial charge is 0.255 e. The van der Waals surface area contributed by atoms with Gasteiger partial charge >= 0.3 is 0 Å². The number of nitrogens with one attached hydrogen (secondary N) is 1. The van der Waals surface area contributed by atoms with Crippen LogP contribution in [0, 0.1) is 13.8 Å². The number of amides is 1. The third kappa shape index (κ3) is 3.24. The van der Waals surface area contributed by atoms with Crippen LogP contribution in [-0.2, 0) is 0 Å². The zero-order chi connectivity index (χ0) is 14.9. The van der Waals surface area contributed by atoms with Crippen molar-refractivity contribution in [3.8, 4) is 0 Å². The summed E-state index contributed by atoms with van der Waals surface area (Å²) < 4.78 is 0. The Morgan fingerprint density at radius 2 is 1.65 bits per heavy atom. The first-order valence-electron chi connectivity index (χ1n) is 6.01. The van der Waals surface area contributed by atoms with Crippen molar-refractivity contribution in [2.75, 3.05) is 11.1 Å². The molecular weight excluding hydrogens is 295 g/mol. The molecule has 2 rings (SSSR count). The fourth-order valence-electron chi connectivity index (χ4n) is 2.02. The Morgan fingerprint density at radius 3 is 2.20 bits per heavy atom. The molecule has 0 atom stereocenters. The molecule has 1 amide bonds. The maximum atomic E-state index is 12.2. The van der Waals surface area contributed by atoms with Crippen LogP contribution in [0.25, 0.3) is 0 Å². The van der Waals surface area contributed by atoms with Crippen molar-refractivity contribution in [1.82, 2.24) is 0 Å². The van der Waals surface area contributed by atoms with Crippen LogP contribution >= 0.6 is 23.2 Å². The molecule has 3 nitrogen and oxygen atoms in total. The fourth-order valence-corrected chi connectivity index (χ4v) is 2.57. The van der Waals surface area contributed by atoms with E-state index < -0.39 is 0 Å². The molecule has 0 saturated heterocycles. The summed E-state index contributed by atoms with van der Waals surface area (Å²) in [6, 6.07) is 8.70. The molecule has 5 heteroatoms. The SMILES string of the molecule is Cc1cc(C)cc(C(=O)Nc2c(N)cc(Cl)cc2Cl)c1. The fraction of sp³-hybridized carbons (Fsp3) is 0.133. The van der Waals surface area contributed by atoms with E-state index in [4.69, 9.17) is 28.9 Å². The summed E-state index contributed by atoms with van der Waals surface area (Å²) in [6.07, 6.45) is 0. The number of benzene rings is 2. The van der Waals surface area contributed by atoms with Gasteiger partial charge in [-0.25, -0.2) is 0 Å². The number of rotatable bonds is 2. The van der Waals surface area contributed by atoms with E-state index in [0.717, 1.165) is 11.1 Å². The number of aryl methyl sites for hydroxylation is 2. The molecule has 0 spiro atoms. The Morgan fingerprint density at radius 1 is 1.05 bits per heavy atom. The number of hydrogen-bond acceptors (Lipinski definition) is 2. The summed E-state index contributed by atoms with van der Waals surface area (Å²) in [6.45, 7) is 3.88. The van der Waals surface area contributed by atoms with Gasteiger partial charge in [0.15, 0.2) is 0 Å². The van der Waals surface area contributed by atoms with Crippen molar-refractivity contribution < 1.29 is 4.79 Å². The number of carbonyl (C=O) groups excluding carboxylic acids is 1. The zero-order valence-corrected chi connectivity index (χ0v) is 12.6. The van der Waals surface area contributed by atoms with Crippen LogP contribution in [0.4, 0.5) is 11.4 Å². The summed E-state index contributed by atoms with van der Waals surface area (Å²) in [5.41, 5.74) is 9.13. The Kier molecular flexibility index (Phi) is 4.21. The quantitative estimate of drug-likeness (QED) is 0.806. The molecule has 0 aliphatic heterocycles. The normalized spacial score (nSPS) is 10.4. The molecule has 0 bridgehead atoms. The molecule has 2 aromatic rings. The van der Waals surface area contributed by atoms with Crippen LogP contribution in [0.2, 0.25) is 10.0 Å². The minimum atomic E-state index is -0.257. The molecule has 104 valence electrons. The second-order valence-corrected chi connectivity index (χ2v) is 5.53. The molecule has 0 fully saturated rings. The largest absolute Gasteiger partial charge is 0.397 e. The minimum Gasteiger partial charge on any atom is -0.397 e. The van der Waals surface area contributed by atoms with Gasteiger partial charge in [0.2, 0.25) is 0 Å². The van der Waals surface area contributed by atoms with Crippen molar-refractivity contribution in [3.63, 3.8) is 0 Å². The summed E-state index contributed by atoms with van der Waals surface area (Å²) in [7, 11) is 0. The van der Waals surface area contributed by atoms with Gasteiger partial charge in [-0.2, -0.15) is 0 Å². The Balaban J connectivity index is 2.32. The van der Waals surface area contributed by atoms with Crippen molar-refractivity contribution in [1.29, 1.82) is 0 Å². The van der Waals surface area contributed by atoms with Crippen LogP contribution in [0.5, 0.6) is 0 Å². The maximum absolute atomic E-state index is 12.2. The summed E-state index contributed by atoms with van der Waals surface area (Å²) >= 11 is 11.9. The van der Waals surface area contributed by atoms with Gasteiger partial charge in [-0.1, -0.05) is 40.4 Å². The van der Waals surface area contributed by atoms with Crippen molar-refractivity contribution >= 4 is 40.5 Å². The van der Waals surface area contributed by atoms with Gasteiger partial charge in [0.05, 0.1) is 16.4 Å². The predicted molar refractivity (Wildman–Crippen MR) is 84.7 cm³/mol. The average molecular weight is 309 g/mol. The van der Waals surface area contributed by atoms with E-state index in [-0.39, 0.29) is 5.91 Å². The van der Waals surface area contributed by atoms with E-state index in [0.29, 0.717) is 27.0 Å². The second-order valence-electron chi connectivity index (χ2n) is 4.68. The molecule has 0 aromatic heterocycles. The highest BCUT2D eigenvalue weighted by atomic mass is 35.5. The van der Waals surface area contributed by atoms with Crippen LogP contribution in [0.15, 0.2) is 30.3 Å². The maximum Gasteiger partial charge on any atom is 0.255 e. The van der Waals surface area contributed by atoms with Crippen LogP contribution in [0.3, 0.4) is 0 Å². The molecule has 0 saturated carbocycles. The van der Waals surface area contributed by atoms with Crippen LogP contribution in [-0.4, -0.2) is 5.91 Å². The molecule has 0 aliphatic carbocycles. The van der Waals surface area contributed by atoms with E-state index in [1.165, 1.54) is 6.07 Å². The lowest BCUT2D eigenvalue weighted by Gasteiger charge is -2.11. The number of halogens is 2. The van der Waals surface area contributed by atoms with E-state index >= 15 is 0 Å². The number of nitrogens with two attached hydrogens (primary N) is 1. The van der Waals surface area contributed by atoms with Crippen LogP contribution < -0.4 is 11.1 Å². The number of anilines is 2. The Bertz CT molecular complexity index is 640. The molecule has 0 radical (unpaired) electrons. The van der Waals surface area contributed by atoms with Gasteiger partial charge in [0.25, 0.3) is 5.91 Å². The number of hydrogen-bond donors (Lipinski definition) is 2. The lowest BCUT2D eigenvalue weighted by molar-refractivity contribution is 0.102. The molecule has 3 N–H and O–H groups in total. The number of nitrogen functional groups attached to an aromatic ring is 1. The summed E-state index contributed by atoms with van der Waals surface area (Å²) in [5, 5.41) is 3.46. The highest BCUT2D eigenvalue weighted by Gasteiger charge is 2.12. The topological polar surface area (TPSA) is 55.1 Å². The lowest BCUT2D eigenvalue weighted by atomic mass is 10.1.